The van der Waals surface area contributed by atoms with Crippen molar-refractivity contribution in [3.8, 4) is 11.8 Å². The number of alkyl carbamates (subject to hydrolysis) is 1. The molecule has 7 heteroatoms. The van der Waals surface area contributed by atoms with Crippen molar-refractivity contribution in [2.75, 3.05) is 5.73 Å². The molecule has 2 atom stereocenters. The Labute approximate surface area is 165 Å². The van der Waals surface area contributed by atoms with Crippen LogP contribution in [0.5, 0.6) is 0 Å². The maximum Gasteiger partial charge on any atom is 0.408 e. The van der Waals surface area contributed by atoms with Crippen molar-refractivity contribution in [3.63, 3.8) is 0 Å². The molecule has 0 spiro atoms. The van der Waals surface area contributed by atoms with Gasteiger partial charge in [0.2, 0.25) is 0 Å². The van der Waals surface area contributed by atoms with Gasteiger partial charge >= 0.3 is 6.09 Å². The minimum Gasteiger partial charge on any atom is -0.439 e. The molecule has 0 saturated carbocycles. The highest BCUT2D eigenvalue weighted by Crippen LogP contribution is 2.37. The van der Waals surface area contributed by atoms with Crippen molar-refractivity contribution >= 4 is 11.8 Å². The number of hydrogen-bond acceptors (Lipinski definition) is 4. The summed E-state index contributed by atoms with van der Waals surface area (Å²) in [6.07, 6.45) is 1.55. The number of cyclic esters (lactones) is 1. The molecule has 1 aliphatic heterocycles. The fourth-order valence-electron chi connectivity index (χ4n) is 3.14. The lowest BCUT2D eigenvalue weighted by Crippen LogP contribution is -2.20. The summed E-state index contributed by atoms with van der Waals surface area (Å²) in [5, 5.41) is 2.66. The average molecular weight is 391 g/mol. The smallest absolute Gasteiger partial charge is 0.408 e. The monoisotopic (exact) mass is 391 g/mol. The first-order valence-corrected chi connectivity index (χ1v) is 8.73. The zero-order chi connectivity index (χ0) is 20.4. The summed E-state index contributed by atoms with van der Waals surface area (Å²) < 4.78 is 32.5. The number of ether oxygens (including phenoxy) is 1. The molecule has 3 aromatic rings. The third-order valence-electron chi connectivity index (χ3n) is 4.38. The largest absolute Gasteiger partial charge is 0.439 e. The van der Waals surface area contributed by atoms with Crippen LogP contribution in [0, 0.1) is 23.5 Å². The molecule has 5 nitrogen and oxygen atoms in total. The van der Waals surface area contributed by atoms with E-state index in [0.29, 0.717) is 16.8 Å². The average Bonchev–Trinajstić information content (AvgIpc) is 3.08. The summed E-state index contributed by atoms with van der Waals surface area (Å²) in [5.74, 6) is 4.50. The first-order chi connectivity index (χ1) is 14.0. The number of amides is 1. The van der Waals surface area contributed by atoms with Crippen molar-refractivity contribution in [3.05, 3.63) is 94.8 Å². The SMILES string of the molecule is Nc1cccc(C#Cc2cncc([C@@H]3NC(=O)O[C@H]3c3cc(F)cc(F)c3)c2)c1. The minimum absolute atomic E-state index is 0.210. The van der Waals surface area contributed by atoms with Gasteiger partial charge in [-0.1, -0.05) is 17.9 Å². The van der Waals surface area contributed by atoms with Crippen LogP contribution >= 0.6 is 0 Å². The number of anilines is 1. The number of nitrogen functional groups attached to an aromatic ring is 1. The highest BCUT2D eigenvalue weighted by Gasteiger charge is 2.37. The van der Waals surface area contributed by atoms with Crippen LogP contribution in [0.2, 0.25) is 0 Å². The third kappa shape index (κ3) is 4.17. The van der Waals surface area contributed by atoms with Crippen molar-refractivity contribution in [1.82, 2.24) is 10.3 Å². The summed E-state index contributed by atoms with van der Waals surface area (Å²) in [6.45, 7) is 0. The summed E-state index contributed by atoms with van der Waals surface area (Å²) in [7, 11) is 0. The quantitative estimate of drug-likeness (QED) is 0.514. The Balaban J connectivity index is 1.65. The van der Waals surface area contributed by atoms with Gasteiger partial charge in [-0.05, 0) is 42.0 Å². The minimum atomic E-state index is -0.897. The van der Waals surface area contributed by atoms with Gasteiger partial charge in [0.05, 0.1) is 0 Å². The Bertz CT molecular complexity index is 1130. The number of benzene rings is 2. The van der Waals surface area contributed by atoms with Gasteiger partial charge in [0, 0.05) is 40.8 Å². The number of carbonyl (C=O) groups is 1. The van der Waals surface area contributed by atoms with E-state index in [1.807, 2.05) is 12.1 Å². The van der Waals surface area contributed by atoms with Crippen LogP contribution in [0.1, 0.15) is 34.4 Å². The Morgan fingerprint density at radius 2 is 1.72 bits per heavy atom. The number of aromatic nitrogens is 1. The Hall–Kier alpha value is -3.92. The van der Waals surface area contributed by atoms with Crippen molar-refractivity contribution < 1.29 is 18.3 Å². The number of nitrogens with two attached hydrogens (primary N) is 1. The maximum atomic E-state index is 13.6. The molecule has 2 heterocycles. The Morgan fingerprint density at radius 1 is 0.966 bits per heavy atom. The van der Waals surface area contributed by atoms with Crippen molar-refractivity contribution in [1.29, 1.82) is 0 Å². The van der Waals surface area contributed by atoms with Crippen LogP contribution in [-0.4, -0.2) is 11.1 Å². The van der Waals surface area contributed by atoms with E-state index in [0.717, 1.165) is 23.8 Å². The van der Waals surface area contributed by atoms with E-state index in [4.69, 9.17) is 10.5 Å². The fourth-order valence-corrected chi connectivity index (χ4v) is 3.14. The summed E-state index contributed by atoms with van der Waals surface area (Å²) >= 11 is 0. The molecule has 4 rings (SSSR count). The van der Waals surface area contributed by atoms with Crippen molar-refractivity contribution in [2.45, 2.75) is 12.1 Å². The highest BCUT2D eigenvalue weighted by atomic mass is 19.1. The number of nitrogens with one attached hydrogen (secondary N) is 1. The molecule has 29 heavy (non-hydrogen) atoms. The van der Waals surface area contributed by atoms with Crippen LogP contribution < -0.4 is 11.1 Å². The van der Waals surface area contributed by atoms with Crippen molar-refractivity contribution in [2.24, 2.45) is 0 Å². The van der Waals surface area contributed by atoms with Gasteiger partial charge in [-0.15, -0.1) is 0 Å². The standard InChI is InChI=1S/C22H15F2N3O2/c23-17-8-15(9-18(24)10-17)21-20(27-22(28)29-21)16-6-14(11-26-12-16)5-4-13-2-1-3-19(25)7-13/h1-3,6-12,20-21H,25H2,(H,27,28)/t20-,21-/m0/s1. The molecule has 0 bridgehead atoms. The van der Waals surface area contributed by atoms with E-state index < -0.39 is 29.9 Å². The number of pyridine rings is 1. The second-order valence-corrected chi connectivity index (χ2v) is 6.53. The molecule has 3 N–H and O–H groups in total. The molecule has 1 fully saturated rings. The lowest BCUT2D eigenvalue weighted by Gasteiger charge is -2.17. The summed E-state index contributed by atoms with van der Waals surface area (Å²) in [5.41, 5.74) is 8.53. The van der Waals surface area contributed by atoms with Gasteiger partial charge in [-0.2, -0.15) is 0 Å². The summed E-state index contributed by atoms with van der Waals surface area (Å²) in [4.78, 5) is 16.0. The number of halogens is 2. The van der Waals surface area contributed by atoms with Gasteiger partial charge in [0.15, 0.2) is 6.10 Å². The number of carbonyl (C=O) groups excluding carboxylic acids is 1. The molecule has 2 aromatic carbocycles. The predicted octanol–water partition coefficient (Wildman–Crippen LogP) is 3.86. The molecule has 1 saturated heterocycles. The van der Waals surface area contributed by atoms with Crippen LogP contribution in [-0.2, 0) is 4.74 Å². The molecule has 144 valence electrons. The third-order valence-corrected chi connectivity index (χ3v) is 4.38. The van der Waals surface area contributed by atoms with Crippen LogP contribution in [0.15, 0.2) is 60.9 Å². The fraction of sp³-hybridized carbons (Fsp3) is 0.0909. The molecule has 0 radical (unpaired) electrons. The molecule has 1 aliphatic rings. The molecule has 0 aliphatic carbocycles. The van der Waals surface area contributed by atoms with E-state index in [1.165, 1.54) is 0 Å². The Morgan fingerprint density at radius 3 is 2.48 bits per heavy atom. The highest BCUT2D eigenvalue weighted by molar-refractivity contribution is 5.71. The van der Waals surface area contributed by atoms with Crippen LogP contribution in [0.3, 0.4) is 0 Å². The van der Waals surface area contributed by atoms with Gasteiger partial charge in [0.1, 0.15) is 17.7 Å². The zero-order valence-corrected chi connectivity index (χ0v) is 15.0. The maximum absolute atomic E-state index is 13.6. The first kappa shape index (κ1) is 18.4. The Kier molecular flexibility index (Phi) is 4.83. The number of hydrogen-bond donors (Lipinski definition) is 2. The van der Waals surface area contributed by atoms with Gasteiger partial charge in [-0.3, -0.25) is 4.98 Å². The van der Waals surface area contributed by atoms with Crippen LogP contribution in [0.4, 0.5) is 19.3 Å². The predicted molar refractivity (Wildman–Crippen MR) is 103 cm³/mol. The number of rotatable bonds is 2. The van der Waals surface area contributed by atoms with Gasteiger partial charge < -0.3 is 15.8 Å². The van der Waals surface area contributed by atoms with E-state index in [2.05, 4.69) is 22.1 Å². The molecule has 1 amide bonds. The molecular formula is C22H15F2N3O2. The summed E-state index contributed by atoms with van der Waals surface area (Å²) in [6, 6.07) is 11.3. The van der Waals surface area contributed by atoms with E-state index in [-0.39, 0.29) is 5.56 Å². The molecular weight excluding hydrogens is 376 g/mol. The second-order valence-electron chi connectivity index (χ2n) is 6.53. The molecule has 0 unspecified atom stereocenters. The van der Waals surface area contributed by atoms with E-state index in [1.54, 1.807) is 30.6 Å². The van der Waals surface area contributed by atoms with E-state index >= 15 is 0 Å². The topological polar surface area (TPSA) is 77.2 Å². The molecule has 1 aromatic heterocycles. The number of nitrogens with zero attached hydrogens (tertiary/aromatic N) is 1. The van der Waals surface area contributed by atoms with Crippen LogP contribution in [0.25, 0.3) is 0 Å². The normalized spacial score (nSPS) is 17.8. The first-order valence-electron chi connectivity index (χ1n) is 8.73. The lowest BCUT2D eigenvalue weighted by atomic mass is 9.96. The van der Waals surface area contributed by atoms with Gasteiger partial charge in [0.25, 0.3) is 0 Å². The zero-order valence-electron chi connectivity index (χ0n) is 15.0. The van der Waals surface area contributed by atoms with E-state index in [9.17, 15) is 13.6 Å². The second kappa shape index (κ2) is 7.60. The lowest BCUT2D eigenvalue weighted by molar-refractivity contribution is 0.132. The van der Waals surface area contributed by atoms with Gasteiger partial charge in [-0.25, -0.2) is 13.6 Å².